The lowest BCUT2D eigenvalue weighted by molar-refractivity contribution is 0.466. The zero-order valence-electron chi connectivity index (χ0n) is 5.22. The highest BCUT2D eigenvalue weighted by Gasteiger charge is 2.10. The van der Waals surface area contributed by atoms with E-state index in [9.17, 15) is 4.57 Å². The van der Waals surface area contributed by atoms with E-state index in [1.807, 2.05) is 0 Å². The van der Waals surface area contributed by atoms with Crippen LogP contribution in [0.1, 0.15) is 13.8 Å². The van der Waals surface area contributed by atoms with Crippen molar-refractivity contribution in [2.45, 2.75) is 13.8 Å². The lowest BCUT2D eigenvalue weighted by Crippen LogP contribution is -2.09. The maximum Gasteiger partial charge on any atom is 0.266 e. The maximum atomic E-state index is 10.6. The second-order valence-corrected chi connectivity index (χ2v) is 3.88. The van der Waals surface area contributed by atoms with Gasteiger partial charge in [-0.2, -0.15) is 0 Å². The van der Waals surface area contributed by atoms with E-state index in [1.165, 1.54) is 0 Å². The Labute approximate surface area is 49.6 Å². The molecular weight excluding hydrogens is 125 g/mol. The fourth-order valence-electron chi connectivity index (χ4n) is 0.359. The second-order valence-electron chi connectivity index (χ2n) is 1.53. The second kappa shape index (κ2) is 3.23. The molecule has 0 saturated heterocycles. The number of hydrogen-bond acceptors (Lipinski definition) is 1. The Morgan fingerprint density at radius 3 is 2.25 bits per heavy atom. The third kappa shape index (κ3) is 3.19. The summed E-state index contributed by atoms with van der Waals surface area (Å²) in [6.07, 6.45) is 0.306. The summed E-state index contributed by atoms with van der Waals surface area (Å²) in [5.41, 5.74) is 0. The minimum Gasteiger partial charge on any atom is -0.333 e. The van der Waals surface area contributed by atoms with Crippen LogP contribution < -0.4 is 5.09 Å². The molecule has 0 aliphatic rings. The van der Waals surface area contributed by atoms with Gasteiger partial charge in [0, 0.05) is 12.7 Å². The highest BCUT2D eigenvalue weighted by Crippen LogP contribution is 2.33. The van der Waals surface area contributed by atoms with Crippen LogP contribution >= 0.6 is 7.52 Å². The lowest BCUT2D eigenvalue weighted by Gasteiger charge is -2.06. The van der Waals surface area contributed by atoms with E-state index in [4.69, 9.17) is 4.89 Å². The van der Waals surface area contributed by atoms with Gasteiger partial charge < -0.3 is 4.89 Å². The molecule has 8 heavy (non-hydrogen) atoms. The fraction of sp³-hybridized carbons (Fsp3) is 1.00. The van der Waals surface area contributed by atoms with E-state index in [0.29, 0.717) is 12.7 Å². The van der Waals surface area contributed by atoms with Gasteiger partial charge in [0.1, 0.15) is 0 Å². The van der Waals surface area contributed by atoms with E-state index in [2.05, 4.69) is 5.09 Å². The topological polar surface area (TPSA) is 49.3 Å². The molecule has 2 N–H and O–H groups in total. The molecule has 0 aliphatic heterocycles. The van der Waals surface area contributed by atoms with Crippen LogP contribution in [-0.2, 0) is 4.57 Å². The summed E-state index contributed by atoms with van der Waals surface area (Å²) in [6, 6.07) is 0. The average molecular weight is 137 g/mol. The molecule has 0 bridgehead atoms. The highest BCUT2D eigenvalue weighted by atomic mass is 31.2. The van der Waals surface area contributed by atoms with Crippen molar-refractivity contribution in [3.63, 3.8) is 0 Å². The fourth-order valence-corrected chi connectivity index (χ4v) is 1.08. The summed E-state index contributed by atoms with van der Waals surface area (Å²) >= 11 is 0. The molecule has 4 heteroatoms. The zero-order valence-corrected chi connectivity index (χ0v) is 6.11. The molecule has 3 nitrogen and oxygen atoms in total. The quantitative estimate of drug-likeness (QED) is 0.565. The summed E-state index contributed by atoms with van der Waals surface area (Å²) in [6.45, 7) is 4.05. The molecule has 0 aromatic carbocycles. The van der Waals surface area contributed by atoms with Crippen molar-refractivity contribution in [1.29, 1.82) is 0 Å². The largest absolute Gasteiger partial charge is 0.333 e. The van der Waals surface area contributed by atoms with Gasteiger partial charge in [-0.05, 0) is 0 Å². The zero-order chi connectivity index (χ0) is 6.62. The minimum absolute atomic E-state index is 0.306. The highest BCUT2D eigenvalue weighted by molar-refractivity contribution is 7.55. The molecule has 1 unspecified atom stereocenters. The first-order valence-electron chi connectivity index (χ1n) is 2.69. The van der Waals surface area contributed by atoms with Crippen LogP contribution in [0.25, 0.3) is 0 Å². The Bertz CT molecular complexity index is 104. The summed E-state index contributed by atoms with van der Waals surface area (Å²) in [7, 11) is -2.92. The van der Waals surface area contributed by atoms with E-state index < -0.39 is 7.52 Å². The molecule has 0 radical (unpaired) electrons. The summed E-state index contributed by atoms with van der Waals surface area (Å²) in [5, 5.41) is 2.48. The van der Waals surface area contributed by atoms with Crippen LogP contribution in [0.5, 0.6) is 0 Å². The first-order chi connectivity index (χ1) is 3.62. The van der Waals surface area contributed by atoms with Crippen molar-refractivity contribution in [3.8, 4) is 0 Å². The standard InChI is InChI=1S/C4H12NO2P/c1-3-5-8(6,7)4-2/h3-4H2,1-2H3,(H2,5,6,7). The average Bonchev–Trinajstić information content (AvgIpc) is 1.67. The van der Waals surface area contributed by atoms with Crippen molar-refractivity contribution < 1.29 is 9.46 Å². The van der Waals surface area contributed by atoms with Gasteiger partial charge in [-0.3, -0.25) is 4.57 Å². The van der Waals surface area contributed by atoms with Crippen molar-refractivity contribution in [3.05, 3.63) is 0 Å². The number of nitrogens with one attached hydrogen (secondary N) is 1. The first kappa shape index (κ1) is 8.15. The molecule has 50 valence electrons. The number of rotatable bonds is 3. The molecule has 0 fully saturated rings. The molecule has 0 amide bonds. The van der Waals surface area contributed by atoms with Gasteiger partial charge in [0.15, 0.2) is 0 Å². The van der Waals surface area contributed by atoms with Crippen LogP contribution in [0.2, 0.25) is 0 Å². The number of hydrogen-bond donors (Lipinski definition) is 2. The third-order valence-electron chi connectivity index (χ3n) is 0.834. The van der Waals surface area contributed by atoms with Gasteiger partial charge >= 0.3 is 0 Å². The molecule has 0 aliphatic carbocycles. The van der Waals surface area contributed by atoms with Gasteiger partial charge in [0.25, 0.3) is 7.52 Å². The third-order valence-corrected chi connectivity index (χ3v) is 2.50. The van der Waals surface area contributed by atoms with E-state index in [1.54, 1.807) is 13.8 Å². The van der Waals surface area contributed by atoms with E-state index in [0.717, 1.165) is 0 Å². The predicted octanol–water partition coefficient (Wildman–Crippen LogP) is 0.801. The first-order valence-corrected chi connectivity index (χ1v) is 4.53. The van der Waals surface area contributed by atoms with Gasteiger partial charge in [-0.25, -0.2) is 5.09 Å². The Balaban J connectivity index is 3.55. The van der Waals surface area contributed by atoms with Gasteiger partial charge in [-0.15, -0.1) is 0 Å². The monoisotopic (exact) mass is 137 g/mol. The maximum absolute atomic E-state index is 10.6. The van der Waals surface area contributed by atoms with Gasteiger partial charge in [0.2, 0.25) is 0 Å². The summed E-state index contributed by atoms with van der Waals surface area (Å²) < 4.78 is 10.6. The molecule has 0 rings (SSSR count). The molecule has 0 saturated carbocycles. The van der Waals surface area contributed by atoms with Crippen molar-refractivity contribution in [2.75, 3.05) is 12.7 Å². The van der Waals surface area contributed by atoms with Gasteiger partial charge in [0.05, 0.1) is 0 Å². The molecule has 1 atom stereocenters. The Morgan fingerprint density at radius 2 is 2.12 bits per heavy atom. The van der Waals surface area contributed by atoms with Crippen LogP contribution in [0, 0.1) is 0 Å². The summed E-state index contributed by atoms with van der Waals surface area (Å²) in [5.74, 6) is 0. The van der Waals surface area contributed by atoms with E-state index in [-0.39, 0.29) is 0 Å². The predicted molar refractivity (Wildman–Crippen MR) is 34.0 cm³/mol. The van der Waals surface area contributed by atoms with Gasteiger partial charge in [-0.1, -0.05) is 13.8 Å². The minimum atomic E-state index is -2.92. The van der Waals surface area contributed by atoms with Crippen LogP contribution in [0.4, 0.5) is 0 Å². The Hall–Kier alpha value is 0.150. The molecule has 0 aromatic rings. The molecule has 0 heterocycles. The van der Waals surface area contributed by atoms with Crippen molar-refractivity contribution in [1.82, 2.24) is 5.09 Å². The summed E-state index contributed by atoms with van der Waals surface area (Å²) in [4.78, 5) is 8.77. The molecule has 0 aromatic heterocycles. The van der Waals surface area contributed by atoms with E-state index >= 15 is 0 Å². The normalized spacial score (nSPS) is 17.9. The lowest BCUT2D eigenvalue weighted by atomic mass is 10.8. The van der Waals surface area contributed by atoms with Crippen LogP contribution in [0.15, 0.2) is 0 Å². The SMILES string of the molecule is CCNP(=O)(O)CC. The molecular formula is C4H12NO2P. The van der Waals surface area contributed by atoms with Crippen molar-refractivity contribution >= 4 is 7.52 Å². The Morgan fingerprint density at radius 1 is 1.62 bits per heavy atom. The van der Waals surface area contributed by atoms with Crippen LogP contribution in [-0.4, -0.2) is 17.6 Å². The molecule has 0 spiro atoms. The van der Waals surface area contributed by atoms with Crippen molar-refractivity contribution in [2.24, 2.45) is 0 Å². The smallest absolute Gasteiger partial charge is 0.266 e. The Kier molecular flexibility index (Phi) is 3.29. The van der Waals surface area contributed by atoms with Crippen LogP contribution in [0.3, 0.4) is 0 Å².